The van der Waals surface area contributed by atoms with Crippen molar-refractivity contribution >= 4 is 29.4 Å². The van der Waals surface area contributed by atoms with Gasteiger partial charge in [-0.05, 0) is 17.2 Å². The van der Waals surface area contributed by atoms with E-state index in [1.165, 1.54) is 4.90 Å². The number of carboxylic acid groups (broad SMARTS) is 1. The fraction of sp³-hybridized carbons (Fsp3) is 0.238. The number of aliphatic carboxylic acids is 1. The Labute approximate surface area is 171 Å². The fourth-order valence-electron chi connectivity index (χ4n) is 3.23. The van der Waals surface area contributed by atoms with Crippen LogP contribution in [0, 0.1) is 0 Å². The molecule has 3 rings (SSSR count). The SMILES string of the molecule is O=C(O)CC(NC(=O)COC(=O)N1Cc2ccccc2-c2ccccc21)C(=O)CF. The van der Waals surface area contributed by atoms with Gasteiger partial charge < -0.3 is 15.2 Å². The van der Waals surface area contributed by atoms with Crippen LogP contribution in [0.3, 0.4) is 0 Å². The zero-order valence-corrected chi connectivity index (χ0v) is 15.8. The van der Waals surface area contributed by atoms with E-state index in [2.05, 4.69) is 5.32 Å². The van der Waals surface area contributed by atoms with Gasteiger partial charge in [0.05, 0.1) is 18.7 Å². The summed E-state index contributed by atoms with van der Waals surface area (Å²) in [4.78, 5) is 48.3. The van der Waals surface area contributed by atoms with Crippen LogP contribution >= 0.6 is 0 Å². The number of nitrogens with zero attached hydrogens (tertiary/aromatic N) is 1. The molecule has 0 spiro atoms. The van der Waals surface area contributed by atoms with Gasteiger partial charge in [0, 0.05) is 5.56 Å². The van der Waals surface area contributed by atoms with Gasteiger partial charge in [-0.25, -0.2) is 9.18 Å². The van der Waals surface area contributed by atoms with E-state index in [1.807, 2.05) is 36.4 Å². The lowest BCUT2D eigenvalue weighted by Gasteiger charge is -2.30. The Hall–Kier alpha value is -3.75. The van der Waals surface area contributed by atoms with Crippen molar-refractivity contribution in [1.29, 1.82) is 0 Å². The second kappa shape index (κ2) is 9.17. The second-order valence-corrected chi connectivity index (χ2v) is 6.63. The molecule has 156 valence electrons. The molecule has 0 saturated heterocycles. The topological polar surface area (TPSA) is 113 Å². The monoisotopic (exact) mass is 414 g/mol. The third-order valence-electron chi connectivity index (χ3n) is 4.61. The number of alkyl halides is 1. The number of hydrogen-bond donors (Lipinski definition) is 2. The molecule has 1 atom stereocenters. The van der Waals surface area contributed by atoms with E-state index >= 15 is 0 Å². The minimum atomic E-state index is -1.53. The average Bonchev–Trinajstić information content (AvgIpc) is 2.75. The predicted molar refractivity (Wildman–Crippen MR) is 105 cm³/mol. The first kappa shape index (κ1) is 21.0. The van der Waals surface area contributed by atoms with Crippen LogP contribution in [0.5, 0.6) is 0 Å². The summed E-state index contributed by atoms with van der Waals surface area (Å²) in [6.07, 6.45) is -1.54. The minimum absolute atomic E-state index is 0.246. The van der Waals surface area contributed by atoms with Crippen molar-refractivity contribution in [2.24, 2.45) is 0 Å². The molecule has 0 aromatic heterocycles. The van der Waals surface area contributed by atoms with Crippen LogP contribution in [0.25, 0.3) is 11.1 Å². The largest absolute Gasteiger partial charge is 0.481 e. The summed E-state index contributed by atoms with van der Waals surface area (Å²) in [6, 6.07) is 13.3. The quantitative estimate of drug-likeness (QED) is 0.719. The van der Waals surface area contributed by atoms with Crippen LogP contribution in [0.2, 0.25) is 0 Å². The van der Waals surface area contributed by atoms with Gasteiger partial charge >= 0.3 is 12.1 Å². The van der Waals surface area contributed by atoms with Crippen LogP contribution < -0.4 is 10.2 Å². The third-order valence-corrected chi connectivity index (χ3v) is 4.61. The summed E-state index contributed by atoms with van der Waals surface area (Å²) in [5.74, 6) is -3.34. The lowest BCUT2D eigenvalue weighted by atomic mass is 9.94. The molecule has 2 aromatic carbocycles. The van der Waals surface area contributed by atoms with Crippen molar-refractivity contribution in [3.63, 3.8) is 0 Å². The normalized spacial score (nSPS) is 12.9. The van der Waals surface area contributed by atoms with Crippen LogP contribution in [0.4, 0.5) is 14.9 Å². The van der Waals surface area contributed by atoms with Crippen molar-refractivity contribution in [3.05, 3.63) is 54.1 Å². The number of hydrogen-bond acceptors (Lipinski definition) is 5. The number of carboxylic acids is 1. The van der Waals surface area contributed by atoms with Gasteiger partial charge in [-0.3, -0.25) is 19.3 Å². The van der Waals surface area contributed by atoms with E-state index in [0.717, 1.165) is 16.7 Å². The Balaban J connectivity index is 1.67. The molecule has 1 aliphatic heterocycles. The molecule has 0 saturated carbocycles. The second-order valence-electron chi connectivity index (χ2n) is 6.63. The van der Waals surface area contributed by atoms with Crippen LogP contribution in [0.1, 0.15) is 12.0 Å². The first-order chi connectivity index (χ1) is 14.4. The highest BCUT2D eigenvalue weighted by Crippen LogP contribution is 2.38. The van der Waals surface area contributed by atoms with E-state index in [-0.39, 0.29) is 6.54 Å². The summed E-state index contributed by atoms with van der Waals surface area (Å²) >= 11 is 0. The highest BCUT2D eigenvalue weighted by Gasteiger charge is 2.28. The van der Waals surface area contributed by atoms with Crippen molar-refractivity contribution in [1.82, 2.24) is 5.32 Å². The van der Waals surface area contributed by atoms with Crippen LogP contribution in [0.15, 0.2) is 48.5 Å². The van der Waals surface area contributed by atoms with E-state index < -0.39 is 49.5 Å². The molecule has 1 aliphatic rings. The number of rotatable bonds is 7. The van der Waals surface area contributed by atoms with Gasteiger partial charge in [-0.15, -0.1) is 0 Å². The highest BCUT2D eigenvalue weighted by atomic mass is 19.1. The number of nitrogens with one attached hydrogen (secondary N) is 1. The number of Topliss-reactive ketones (excluding diaryl/α,β-unsaturated/α-hetero) is 1. The van der Waals surface area contributed by atoms with Gasteiger partial charge in [-0.1, -0.05) is 42.5 Å². The maximum absolute atomic E-state index is 12.6. The Morgan fingerprint density at radius 3 is 2.43 bits per heavy atom. The first-order valence-corrected chi connectivity index (χ1v) is 9.12. The van der Waals surface area contributed by atoms with E-state index in [9.17, 15) is 23.6 Å². The summed E-state index contributed by atoms with van der Waals surface area (Å²) in [6.45, 7) is -1.91. The van der Waals surface area contributed by atoms with Gasteiger partial charge in [0.15, 0.2) is 12.4 Å². The number of benzene rings is 2. The fourth-order valence-corrected chi connectivity index (χ4v) is 3.23. The number of para-hydroxylation sites is 1. The van der Waals surface area contributed by atoms with E-state index in [4.69, 9.17) is 9.84 Å². The smallest absolute Gasteiger partial charge is 0.415 e. The third kappa shape index (κ3) is 4.62. The molecule has 2 amide bonds. The Morgan fingerprint density at radius 2 is 1.73 bits per heavy atom. The molecule has 8 nitrogen and oxygen atoms in total. The number of amides is 2. The summed E-state index contributed by atoms with van der Waals surface area (Å²) < 4.78 is 17.6. The molecule has 0 fully saturated rings. The molecule has 1 unspecified atom stereocenters. The minimum Gasteiger partial charge on any atom is -0.481 e. The molecule has 0 radical (unpaired) electrons. The Kier molecular flexibility index (Phi) is 6.41. The molecule has 0 aliphatic carbocycles. The van der Waals surface area contributed by atoms with E-state index in [0.29, 0.717) is 5.69 Å². The lowest BCUT2D eigenvalue weighted by molar-refractivity contribution is -0.140. The Morgan fingerprint density at radius 1 is 1.07 bits per heavy atom. The van der Waals surface area contributed by atoms with Gasteiger partial charge in [0.1, 0.15) is 12.7 Å². The number of fused-ring (bicyclic) bond motifs is 3. The summed E-state index contributed by atoms with van der Waals surface area (Å²) in [5.41, 5.74) is 3.37. The number of carbonyl (C=O) groups is 4. The van der Waals surface area contributed by atoms with Crippen molar-refractivity contribution < 1.29 is 33.4 Å². The van der Waals surface area contributed by atoms with Gasteiger partial charge in [-0.2, -0.15) is 0 Å². The summed E-state index contributed by atoms with van der Waals surface area (Å²) in [7, 11) is 0. The maximum atomic E-state index is 12.6. The lowest BCUT2D eigenvalue weighted by Crippen LogP contribution is -2.45. The molecule has 0 bridgehead atoms. The Bertz CT molecular complexity index is 993. The molecule has 9 heteroatoms. The molecule has 30 heavy (non-hydrogen) atoms. The highest BCUT2D eigenvalue weighted by molar-refractivity contribution is 5.98. The van der Waals surface area contributed by atoms with Crippen molar-refractivity contribution in [2.45, 2.75) is 19.0 Å². The maximum Gasteiger partial charge on any atom is 0.415 e. The zero-order chi connectivity index (χ0) is 21.7. The molecule has 1 heterocycles. The first-order valence-electron chi connectivity index (χ1n) is 9.12. The van der Waals surface area contributed by atoms with Gasteiger partial charge in [0.25, 0.3) is 5.91 Å². The predicted octanol–water partition coefficient (Wildman–Crippen LogP) is 2.31. The van der Waals surface area contributed by atoms with Crippen molar-refractivity contribution in [3.8, 4) is 11.1 Å². The number of carbonyl (C=O) groups excluding carboxylic acids is 3. The number of anilines is 1. The average molecular weight is 414 g/mol. The molecule has 2 N–H and O–H groups in total. The summed E-state index contributed by atoms with van der Waals surface area (Å²) in [5, 5.41) is 10.9. The molecular formula is C21H19FN2O6. The number of halogens is 1. The van der Waals surface area contributed by atoms with Crippen LogP contribution in [-0.4, -0.2) is 48.2 Å². The number of ether oxygens (including phenoxy) is 1. The van der Waals surface area contributed by atoms with Crippen molar-refractivity contribution in [2.75, 3.05) is 18.2 Å². The van der Waals surface area contributed by atoms with Gasteiger partial charge in [0.2, 0.25) is 0 Å². The number of ketones is 1. The zero-order valence-electron chi connectivity index (χ0n) is 15.8. The van der Waals surface area contributed by atoms with Crippen LogP contribution in [-0.2, 0) is 25.7 Å². The van der Waals surface area contributed by atoms with E-state index in [1.54, 1.807) is 12.1 Å². The molecule has 2 aromatic rings. The molecular weight excluding hydrogens is 395 g/mol. The standard InChI is InChI=1S/C21H19FN2O6/c22-10-18(25)16(9-20(27)28)23-19(26)12-30-21(29)24-11-13-5-1-2-6-14(13)15-7-3-4-8-17(15)24/h1-8,16H,9-12H2,(H,23,26)(H,27,28).